The molecule has 36 heavy (non-hydrogen) atoms. The van der Waals surface area contributed by atoms with Gasteiger partial charge in [0.05, 0.1) is 23.6 Å². The van der Waals surface area contributed by atoms with Crippen molar-refractivity contribution in [2.24, 2.45) is 11.8 Å². The van der Waals surface area contributed by atoms with E-state index in [1.807, 2.05) is 24.3 Å². The molecule has 3 aromatic carbocycles. The van der Waals surface area contributed by atoms with E-state index in [2.05, 4.69) is 13.8 Å². The van der Waals surface area contributed by atoms with Crippen LogP contribution >= 0.6 is 0 Å². The van der Waals surface area contributed by atoms with E-state index in [4.69, 9.17) is 4.74 Å². The third kappa shape index (κ3) is 2.86. The number of nitrogens with zero attached hydrogens (tertiary/aromatic N) is 1. The summed E-state index contributed by atoms with van der Waals surface area (Å²) >= 11 is 0. The molecule has 0 aromatic heterocycles. The van der Waals surface area contributed by atoms with Crippen LogP contribution in [0.5, 0.6) is 0 Å². The fraction of sp³-hybridized carbons (Fsp3) is 0.241. The lowest BCUT2D eigenvalue weighted by molar-refractivity contribution is -0.127. The Labute approximate surface area is 206 Å². The summed E-state index contributed by atoms with van der Waals surface area (Å²) in [6.07, 6.45) is -0.986. The van der Waals surface area contributed by atoms with E-state index in [0.717, 1.165) is 22.6 Å². The number of hydrogen-bond acceptors (Lipinski definition) is 5. The largest absolute Gasteiger partial charge is 0.349 e. The van der Waals surface area contributed by atoms with Crippen molar-refractivity contribution in [2.45, 2.75) is 31.5 Å². The predicted molar refractivity (Wildman–Crippen MR) is 128 cm³/mol. The van der Waals surface area contributed by atoms with Crippen LogP contribution in [0.25, 0.3) is 0 Å². The highest BCUT2D eigenvalue weighted by Gasteiger charge is 2.74. The first-order valence-electron chi connectivity index (χ1n) is 11.9. The normalized spacial score (nSPS) is 24.2. The third-order valence-electron chi connectivity index (χ3n) is 7.54. The lowest BCUT2D eigenvalue weighted by Crippen LogP contribution is -2.51. The van der Waals surface area contributed by atoms with E-state index in [1.54, 1.807) is 12.1 Å². The van der Waals surface area contributed by atoms with Gasteiger partial charge in [-0.15, -0.1) is 0 Å². The maximum absolute atomic E-state index is 13.8. The summed E-state index contributed by atoms with van der Waals surface area (Å²) in [5.74, 6) is -5.17. The van der Waals surface area contributed by atoms with E-state index >= 15 is 0 Å². The summed E-state index contributed by atoms with van der Waals surface area (Å²) in [4.78, 5) is 56.1. The van der Waals surface area contributed by atoms with Crippen molar-refractivity contribution in [3.8, 4) is 0 Å². The van der Waals surface area contributed by atoms with Gasteiger partial charge < -0.3 is 4.74 Å². The second-order valence-electron chi connectivity index (χ2n) is 9.79. The number of imide groups is 1. The molecule has 0 bridgehead atoms. The van der Waals surface area contributed by atoms with Gasteiger partial charge >= 0.3 is 0 Å². The van der Waals surface area contributed by atoms with Crippen LogP contribution in [-0.2, 0) is 14.3 Å². The van der Waals surface area contributed by atoms with Gasteiger partial charge in [0.1, 0.15) is 5.82 Å². The molecule has 3 atom stereocenters. The molecule has 0 radical (unpaired) electrons. The summed E-state index contributed by atoms with van der Waals surface area (Å²) in [6, 6.07) is 18.8. The van der Waals surface area contributed by atoms with Crippen LogP contribution in [0.1, 0.15) is 57.7 Å². The first-order chi connectivity index (χ1) is 17.3. The van der Waals surface area contributed by atoms with Crippen LogP contribution in [0.15, 0.2) is 72.8 Å². The maximum atomic E-state index is 13.8. The molecule has 0 unspecified atom stereocenters. The fourth-order valence-electron chi connectivity index (χ4n) is 5.73. The molecule has 0 saturated carbocycles. The zero-order valence-electron chi connectivity index (χ0n) is 19.6. The number of fused-ring (bicyclic) bond motifs is 3. The molecule has 6 nitrogen and oxygen atoms in total. The SMILES string of the molecule is CC(C)c1ccc([C@H]2OC3(C(=O)c4ccccc4C3=O)[C@H]3C(=O)N(c4ccc(F)cc4)C(=O)[C@H]23)cc1. The Kier molecular flexibility index (Phi) is 4.85. The van der Waals surface area contributed by atoms with Crippen LogP contribution < -0.4 is 4.90 Å². The average molecular weight is 483 g/mol. The molecule has 2 saturated heterocycles. The van der Waals surface area contributed by atoms with Crippen LogP contribution in [0.3, 0.4) is 0 Å². The van der Waals surface area contributed by atoms with Crippen molar-refractivity contribution in [1.82, 2.24) is 0 Å². The quantitative estimate of drug-likeness (QED) is 0.400. The first kappa shape index (κ1) is 22.5. The van der Waals surface area contributed by atoms with E-state index in [-0.39, 0.29) is 22.7 Å². The Morgan fingerprint density at radius 3 is 1.94 bits per heavy atom. The molecule has 2 amide bonds. The number of carbonyl (C=O) groups is 4. The van der Waals surface area contributed by atoms with E-state index in [0.29, 0.717) is 5.56 Å². The molecule has 1 aliphatic carbocycles. The molecular formula is C29H22FNO5. The molecule has 2 heterocycles. The van der Waals surface area contributed by atoms with E-state index < -0.39 is 52.7 Å². The summed E-state index contributed by atoms with van der Waals surface area (Å²) in [5.41, 5.74) is 0.0857. The molecule has 1 spiro atoms. The maximum Gasteiger partial charge on any atom is 0.241 e. The Balaban J connectivity index is 1.52. The first-order valence-corrected chi connectivity index (χ1v) is 11.9. The van der Waals surface area contributed by atoms with Gasteiger partial charge in [0.25, 0.3) is 0 Å². The summed E-state index contributed by atoms with van der Waals surface area (Å²) in [5, 5.41) is 0. The summed E-state index contributed by atoms with van der Waals surface area (Å²) in [6.45, 7) is 4.11. The predicted octanol–water partition coefficient (Wildman–Crippen LogP) is 4.64. The number of hydrogen-bond donors (Lipinski definition) is 0. The van der Waals surface area contributed by atoms with Gasteiger partial charge in [0.2, 0.25) is 29.0 Å². The number of benzene rings is 3. The molecule has 0 N–H and O–H groups in total. The number of ether oxygens (including phenoxy) is 1. The van der Waals surface area contributed by atoms with Crippen molar-refractivity contribution >= 4 is 29.1 Å². The van der Waals surface area contributed by atoms with Crippen LogP contribution in [-0.4, -0.2) is 29.0 Å². The number of halogens is 1. The molecular weight excluding hydrogens is 461 g/mol. The minimum atomic E-state index is -2.13. The second kappa shape index (κ2) is 7.77. The van der Waals surface area contributed by atoms with Crippen LogP contribution in [0.2, 0.25) is 0 Å². The molecule has 3 aliphatic rings. The zero-order chi connectivity index (χ0) is 25.4. The topological polar surface area (TPSA) is 80.8 Å². The van der Waals surface area contributed by atoms with Crippen molar-refractivity contribution in [3.05, 3.63) is 101 Å². The molecule has 3 aromatic rings. The molecule has 2 aliphatic heterocycles. The number of Topliss-reactive ketones (excluding diaryl/α,β-unsaturated/α-hetero) is 2. The van der Waals surface area contributed by atoms with Crippen molar-refractivity contribution in [1.29, 1.82) is 0 Å². The van der Waals surface area contributed by atoms with Crippen molar-refractivity contribution in [2.75, 3.05) is 4.90 Å². The standard InChI is InChI=1S/C29H22FNO5/c1-15(2)16-7-9-17(10-8-16)24-22-23(28(35)31(27(22)34)19-13-11-18(30)12-14-19)29(36-24)25(32)20-5-3-4-6-21(20)26(29)33/h3-15,22-24H,1-2H3/t22-,23+,24+/m0/s1. The van der Waals surface area contributed by atoms with Crippen LogP contribution in [0.4, 0.5) is 10.1 Å². The van der Waals surface area contributed by atoms with Crippen LogP contribution in [0, 0.1) is 17.7 Å². The van der Waals surface area contributed by atoms with Crippen molar-refractivity contribution < 1.29 is 28.3 Å². The number of anilines is 1. The summed E-state index contributed by atoms with van der Waals surface area (Å²) < 4.78 is 19.9. The van der Waals surface area contributed by atoms with Gasteiger partial charge in [-0.3, -0.25) is 19.2 Å². The Morgan fingerprint density at radius 2 is 1.39 bits per heavy atom. The number of amides is 2. The van der Waals surface area contributed by atoms with Gasteiger partial charge in [0.15, 0.2) is 0 Å². The third-order valence-corrected chi connectivity index (χ3v) is 7.54. The Hall–Kier alpha value is -3.97. The number of rotatable bonds is 3. The molecule has 180 valence electrons. The Bertz CT molecular complexity index is 1410. The van der Waals surface area contributed by atoms with Gasteiger partial charge in [-0.2, -0.15) is 0 Å². The van der Waals surface area contributed by atoms with Gasteiger partial charge in [0, 0.05) is 11.1 Å². The lowest BCUT2D eigenvalue weighted by Gasteiger charge is -2.27. The minimum absolute atomic E-state index is 0.178. The summed E-state index contributed by atoms with van der Waals surface area (Å²) in [7, 11) is 0. The fourth-order valence-corrected chi connectivity index (χ4v) is 5.73. The minimum Gasteiger partial charge on any atom is -0.349 e. The Morgan fingerprint density at radius 1 is 0.806 bits per heavy atom. The highest BCUT2D eigenvalue weighted by Crippen LogP contribution is 2.57. The van der Waals surface area contributed by atoms with Crippen molar-refractivity contribution in [3.63, 3.8) is 0 Å². The highest BCUT2D eigenvalue weighted by atomic mass is 19.1. The van der Waals surface area contributed by atoms with Gasteiger partial charge in [-0.1, -0.05) is 62.4 Å². The van der Waals surface area contributed by atoms with Gasteiger partial charge in [-0.05, 0) is 41.3 Å². The molecule has 6 rings (SSSR count). The highest BCUT2D eigenvalue weighted by molar-refractivity contribution is 6.37. The molecule has 2 fully saturated rings. The monoisotopic (exact) mass is 483 g/mol. The zero-order valence-corrected chi connectivity index (χ0v) is 19.6. The number of ketones is 2. The smallest absolute Gasteiger partial charge is 0.241 e. The lowest BCUT2D eigenvalue weighted by atomic mass is 9.77. The van der Waals surface area contributed by atoms with E-state index in [1.165, 1.54) is 24.3 Å². The van der Waals surface area contributed by atoms with E-state index in [9.17, 15) is 23.6 Å². The second-order valence-corrected chi connectivity index (χ2v) is 9.79. The molecule has 7 heteroatoms. The van der Waals surface area contributed by atoms with Gasteiger partial charge in [-0.25, -0.2) is 9.29 Å². The number of carbonyl (C=O) groups excluding carboxylic acids is 4. The average Bonchev–Trinajstić information content (AvgIpc) is 3.45.